The summed E-state index contributed by atoms with van der Waals surface area (Å²) in [6.07, 6.45) is 7.63. The Morgan fingerprint density at radius 1 is 1.12 bits per heavy atom. The molecule has 1 saturated carbocycles. The van der Waals surface area contributed by atoms with Crippen LogP contribution in [0.3, 0.4) is 0 Å². The molecule has 2 amide bonds. The van der Waals surface area contributed by atoms with Gasteiger partial charge >= 0.3 is 6.03 Å². The molecule has 1 aliphatic rings. The summed E-state index contributed by atoms with van der Waals surface area (Å²) in [6.45, 7) is 2.00. The number of nitrogens with one attached hydrogen (secondary N) is 1. The van der Waals surface area contributed by atoms with Crippen molar-refractivity contribution < 1.29 is 9.53 Å². The molecule has 0 saturated heterocycles. The molecule has 0 bridgehead atoms. The highest BCUT2D eigenvalue weighted by molar-refractivity contribution is 5.83. The summed E-state index contributed by atoms with van der Waals surface area (Å²) in [5.74, 6) is 0. The lowest BCUT2D eigenvalue weighted by molar-refractivity contribution is 0.0275. The number of amides is 2. The number of hydrogen-bond donors (Lipinski definition) is 1. The zero-order chi connectivity index (χ0) is 18.2. The molecular formula is C22H30N2O2. The molecule has 0 radical (unpaired) electrons. The van der Waals surface area contributed by atoms with E-state index in [9.17, 15) is 4.79 Å². The van der Waals surface area contributed by atoms with Crippen molar-refractivity contribution in [3.8, 4) is 0 Å². The maximum Gasteiger partial charge on any atom is 0.317 e. The van der Waals surface area contributed by atoms with Crippen LogP contribution in [0.25, 0.3) is 10.8 Å². The molecule has 1 aliphatic carbocycles. The average Bonchev–Trinajstić information content (AvgIpc) is 2.68. The number of hydrogen-bond acceptors (Lipinski definition) is 2. The van der Waals surface area contributed by atoms with Crippen LogP contribution < -0.4 is 5.32 Å². The Balaban J connectivity index is 1.37. The van der Waals surface area contributed by atoms with Gasteiger partial charge in [-0.25, -0.2) is 4.79 Å². The molecule has 0 aliphatic heterocycles. The van der Waals surface area contributed by atoms with Gasteiger partial charge in [0.05, 0.1) is 6.10 Å². The third-order valence-electron chi connectivity index (χ3n) is 5.08. The van der Waals surface area contributed by atoms with Crippen LogP contribution in [-0.2, 0) is 11.3 Å². The first-order chi connectivity index (χ1) is 12.7. The first-order valence-corrected chi connectivity index (χ1v) is 9.80. The summed E-state index contributed by atoms with van der Waals surface area (Å²) < 4.78 is 5.90. The molecule has 0 atom stereocenters. The van der Waals surface area contributed by atoms with Gasteiger partial charge in [-0.05, 0) is 41.7 Å². The summed E-state index contributed by atoms with van der Waals surface area (Å²) in [7, 11) is 1.84. The number of benzene rings is 2. The second kappa shape index (κ2) is 9.58. The van der Waals surface area contributed by atoms with E-state index in [1.165, 1.54) is 42.9 Å². The second-order valence-electron chi connectivity index (χ2n) is 7.25. The fourth-order valence-electron chi connectivity index (χ4n) is 3.57. The van der Waals surface area contributed by atoms with Crippen molar-refractivity contribution in [2.75, 3.05) is 20.2 Å². The average molecular weight is 354 g/mol. The zero-order valence-electron chi connectivity index (χ0n) is 15.7. The molecule has 0 spiro atoms. The van der Waals surface area contributed by atoms with Gasteiger partial charge in [-0.1, -0.05) is 55.7 Å². The lowest BCUT2D eigenvalue weighted by atomic mass is 9.98. The van der Waals surface area contributed by atoms with Crippen LogP contribution in [0.2, 0.25) is 0 Å². The molecule has 4 heteroatoms. The number of ether oxygens (including phenoxy) is 1. The van der Waals surface area contributed by atoms with Crippen LogP contribution in [-0.4, -0.2) is 37.2 Å². The molecule has 2 aromatic carbocycles. The molecule has 0 unspecified atom stereocenters. The lowest BCUT2D eigenvalue weighted by Crippen LogP contribution is -2.37. The zero-order valence-corrected chi connectivity index (χ0v) is 15.7. The van der Waals surface area contributed by atoms with Crippen LogP contribution in [0.4, 0.5) is 4.79 Å². The number of carbonyl (C=O) groups is 1. The molecule has 26 heavy (non-hydrogen) atoms. The Bertz CT molecular complexity index is 710. The Morgan fingerprint density at radius 3 is 2.69 bits per heavy atom. The predicted octanol–water partition coefficient (Wildman–Crippen LogP) is 4.72. The summed E-state index contributed by atoms with van der Waals surface area (Å²) in [5, 5.41) is 5.42. The topological polar surface area (TPSA) is 41.6 Å². The van der Waals surface area contributed by atoms with Crippen LogP contribution in [0.5, 0.6) is 0 Å². The number of fused-ring (bicyclic) bond motifs is 1. The van der Waals surface area contributed by atoms with E-state index >= 15 is 0 Å². The van der Waals surface area contributed by atoms with Crippen molar-refractivity contribution in [3.63, 3.8) is 0 Å². The van der Waals surface area contributed by atoms with E-state index in [2.05, 4.69) is 35.6 Å². The first-order valence-electron chi connectivity index (χ1n) is 9.80. The van der Waals surface area contributed by atoms with Crippen molar-refractivity contribution in [3.05, 3.63) is 48.0 Å². The number of nitrogens with zero attached hydrogens (tertiary/aromatic N) is 1. The fraction of sp³-hybridized carbons (Fsp3) is 0.500. The van der Waals surface area contributed by atoms with E-state index in [-0.39, 0.29) is 6.03 Å². The van der Waals surface area contributed by atoms with Crippen molar-refractivity contribution in [2.24, 2.45) is 0 Å². The van der Waals surface area contributed by atoms with Gasteiger partial charge in [0.2, 0.25) is 0 Å². The molecule has 3 rings (SSSR count). The summed E-state index contributed by atoms with van der Waals surface area (Å²) in [5.41, 5.74) is 1.14. The van der Waals surface area contributed by atoms with Crippen LogP contribution in [0.15, 0.2) is 42.5 Å². The van der Waals surface area contributed by atoms with E-state index in [0.717, 1.165) is 18.6 Å². The summed E-state index contributed by atoms with van der Waals surface area (Å²) >= 11 is 0. The fourth-order valence-corrected chi connectivity index (χ4v) is 3.57. The van der Waals surface area contributed by atoms with Crippen LogP contribution in [0, 0.1) is 0 Å². The van der Waals surface area contributed by atoms with E-state index in [0.29, 0.717) is 19.2 Å². The van der Waals surface area contributed by atoms with E-state index in [1.54, 1.807) is 4.90 Å². The highest BCUT2D eigenvalue weighted by atomic mass is 16.5. The van der Waals surface area contributed by atoms with Crippen molar-refractivity contribution >= 4 is 16.8 Å². The highest BCUT2D eigenvalue weighted by Crippen LogP contribution is 2.20. The normalized spacial score (nSPS) is 15.1. The minimum Gasteiger partial charge on any atom is -0.378 e. The van der Waals surface area contributed by atoms with Gasteiger partial charge < -0.3 is 15.0 Å². The molecule has 1 N–H and O–H groups in total. The quantitative estimate of drug-likeness (QED) is 0.731. The monoisotopic (exact) mass is 354 g/mol. The maximum atomic E-state index is 12.2. The minimum absolute atomic E-state index is 0.0316. The van der Waals surface area contributed by atoms with Crippen molar-refractivity contribution in [1.82, 2.24) is 10.2 Å². The molecular weight excluding hydrogens is 324 g/mol. The molecule has 2 aromatic rings. The molecule has 0 heterocycles. The molecule has 0 aromatic heterocycles. The Labute approximate surface area is 156 Å². The first kappa shape index (κ1) is 18.7. The number of rotatable bonds is 7. The molecule has 4 nitrogen and oxygen atoms in total. The lowest BCUT2D eigenvalue weighted by Gasteiger charge is -2.22. The molecule has 1 fully saturated rings. The van der Waals surface area contributed by atoms with E-state index in [1.807, 2.05) is 19.2 Å². The summed E-state index contributed by atoms with van der Waals surface area (Å²) in [6, 6.07) is 14.6. The summed E-state index contributed by atoms with van der Waals surface area (Å²) in [4.78, 5) is 14.0. The van der Waals surface area contributed by atoms with Gasteiger partial charge in [-0.15, -0.1) is 0 Å². The van der Waals surface area contributed by atoms with E-state index in [4.69, 9.17) is 4.74 Å². The van der Waals surface area contributed by atoms with Gasteiger partial charge in [0.15, 0.2) is 0 Å². The van der Waals surface area contributed by atoms with Gasteiger partial charge in [0.1, 0.15) is 0 Å². The van der Waals surface area contributed by atoms with Gasteiger partial charge in [0, 0.05) is 26.7 Å². The van der Waals surface area contributed by atoms with Crippen LogP contribution in [0.1, 0.15) is 44.1 Å². The Morgan fingerprint density at radius 2 is 1.88 bits per heavy atom. The third kappa shape index (κ3) is 5.46. The maximum absolute atomic E-state index is 12.2. The highest BCUT2D eigenvalue weighted by Gasteiger charge is 2.13. The second-order valence-corrected chi connectivity index (χ2v) is 7.25. The smallest absolute Gasteiger partial charge is 0.317 e. The Hall–Kier alpha value is -2.07. The number of urea groups is 1. The van der Waals surface area contributed by atoms with Gasteiger partial charge in [0.25, 0.3) is 0 Å². The van der Waals surface area contributed by atoms with Gasteiger partial charge in [-0.3, -0.25) is 0 Å². The molecule has 140 valence electrons. The minimum atomic E-state index is -0.0316. The SMILES string of the molecule is CN(Cc1ccc2ccccc2c1)C(=O)NCCCOC1CCCCC1. The third-order valence-corrected chi connectivity index (χ3v) is 5.08. The number of carbonyl (C=O) groups excluding carboxylic acids is 1. The largest absolute Gasteiger partial charge is 0.378 e. The standard InChI is InChI=1S/C22H30N2O2/c1-24(17-18-12-13-19-8-5-6-9-20(19)16-18)22(25)23-14-7-15-26-21-10-3-2-4-11-21/h5-6,8-9,12-13,16,21H,2-4,7,10-11,14-15,17H2,1H3,(H,23,25). The van der Waals surface area contributed by atoms with Gasteiger partial charge in [-0.2, -0.15) is 0 Å². The van der Waals surface area contributed by atoms with Crippen molar-refractivity contribution in [1.29, 1.82) is 0 Å². The Kier molecular flexibility index (Phi) is 6.89. The van der Waals surface area contributed by atoms with E-state index < -0.39 is 0 Å². The predicted molar refractivity (Wildman–Crippen MR) is 106 cm³/mol. The van der Waals surface area contributed by atoms with Crippen molar-refractivity contribution in [2.45, 2.75) is 51.2 Å². The van der Waals surface area contributed by atoms with Crippen LogP contribution >= 0.6 is 0 Å².